The van der Waals surface area contributed by atoms with Crippen molar-refractivity contribution in [3.63, 3.8) is 0 Å². The summed E-state index contributed by atoms with van der Waals surface area (Å²) in [6, 6.07) is 13.7. The number of hydrogen-bond acceptors (Lipinski definition) is 3. The fourth-order valence-corrected chi connectivity index (χ4v) is 2.01. The molecule has 3 nitrogen and oxygen atoms in total. The van der Waals surface area contributed by atoms with Crippen LogP contribution < -0.4 is 9.47 Å². The number of ether oxygens (including phenoxy) is 2. The molecule has 0 aromatic heterocycles. The van der Waals surface area contributed by atoms with Gasteiger partial charge in [-0.05, 0) is 61.2 Å². The molecule has 0 atom stereocenters. The SMILES string of the molecule is OCCCCCOc1ccc(OCc2cccc(F)c2)cc1. The van der Waals surface area contributed by atoms with E-state index in [0.717, 1.165) is 36.3 Å². The van der Waals surface area contributed by atoms with Crippen LogP contribution in [-0.4, -0.2) is 18.3 Å². The number of benzene rings is 2. The van der Waals surface area contributed by atoms with E-state index >= 15 is 0 Å². The van der Waals surface area contributed by atoms with Crippen LogP contribution in [-0.2, 0) is 6.61 Å². The minimum Gasteiger partial charge on any atom is -0.494 e. The molecule has 1 N–H and O–H groups in total. The maximum Gasteiger partial charge on any atom is 0.123 e. The standard InChI is InChI=1S/C18H21FO3/c19-16-6-4-5-15(13-16)14-22-18-9-7-17(8-10-18)21-12-3-1-2-11-20/h4-10,13,20H,1-3,11-12,14H2. The Hall–Kier alpha value is -2.07. The zero-order valence-corrected chi connectivity index (χ0v) is 12.5. The number of halogens is 1. The summed E-state index contributed by atoms with van der Waals surface area (Å²) in [5, 5.41) is 8.69. The normalized spacial score (nSPS) is 10.5. The molecule has 0 bridgehead atoms. The molecule has 0 saturated carbocycles. The quantitative estimate of drug-likeness (QED) is 0.713. The van der Waals surface area contributed by atoms with Crippen LogP contribution in [0.15, 0.2) is 48.5 Å². The first-order valence-corrected chi connectivity index (χ1v) is 7.49. The van der Waals surface area contributed by atoms with Gasteiger partial charge in [-0.2, -0.15) is 0 Å². The van der Waals surface area contributed by atoms with E-state index in [9.17, 15) is 4.39 Å². The third-order valence-electron chi connectivity index (χ3n) is 3.19. The van der Waals surface area contributed by atoms with Gasteiger partial charge in [0.1, 0.15) is 23.9 Å². The second-order valence-corrected chi connectivity index (χ2v) is 5.02. The number of rotatable bonds is 9. The van der Waals surface area contributed by atoms with Crippen molar-refractivity contribution in [2.45, 2.75) is 25.9 Å². The highest BCUT2D eigenvalue weighted by Crippen LogP contribution is 2.19. The molecule has 0 amide bonds. The fraction of sp³-hybridized carbons (Fsp3) is 0.333. The van der Waals surface area contributed by atoms with Crippen LogP contribution in [0.2, 0.25) is 0 Å². The van der Waals surface area contributed by atoms with E-state index in [1.54, 1.807) is 6.07 Å². The topological polar surface area (TPSA) is 38.7 Å². The number of unbranched alkanes of at least 4 members (excludes halogenated alkanes) is 2. The highest BCUT2D eigenvalue weighted by molar-refractivity contribution is 5.31. The van der Waals surface area contributed by atoms with Gasteiger partial charge in [0.05, 0.1) is 6.61 Å². The van der Waals surface area contributed by atoms with E-state index in [1.165, 1.54) is 12.1 Å². The van der Waals surface area contributed by atoms with Crippen LogP contribution >= 0.6 is 0 Å². The van der Waals surface area contributed by atoms with Gasteiger partial charge in [0.25, 0.3) is 0 Å². The molecule has 0 aliphatic heterocycles. The lowest BCUT2D eigenvalue weighted by molar-refractivity contribution is 0.265. The Bertz CT molecular complexity index is 555. The predicted octanol–water partition coefficient (Wildman–Crippen LogP) is 3.95. The van der Waals surface area contributed by atoms with Crippen LogP contribution in [0, 0.1) is 5.82 Å². The van der Waals surface area contributed by atoms with Gasteiger partial charge in [-0.3, -0.25) is 0 Å². The third kappa shape index (κ3) is 5.74. The summed E-state index contributed by atoms with van der Waals surface area (Å²) in [5.74, 6) is 1.25. The zero-order valence-electron chi connectivity index (χ0n) is 12.5. The minimum atomic E-state index is -0.258. The van der Waals surface area contributed by atoms with E-state index < -0.39 is 0 Å². The van der Waals surface area contributed by atoms with Crippen LogP contribution in [0.5, 0.6) is 11.5 Å². The van der Waals surface area contributed by atoms with Crippen molar-refractivity contribution in [2.24, 2.45) is 0 Å². The zero-order chi connectivity index (χ0) is 15.6. The monoisotopic (exact) mass is 304 g/mol. The fourth-order valence-electron chi connectivity index (χ4n) is 2.01. The Morgan fingerprint density at radius 2 is 1.59 bits per heavy atom. The maximum absolute atomic E-state index is 13.1. The molecule has 0 heterocycles. The average molecular weight is 304 g/mol. The Labute approximate surface area is 130 Å². The van der Waals surface area contributed by atoms with Gasteiger partial charge in [0.2, 0.25) is 0 Å². The van der Waals surface area contributed by atoms with Crippen molar-refractivity contribution in [1.82, 2.24) is 0 Å². The molecule has 0 aliphatic carbocycles. The second kappa shape index (κ2) is 9.05. The summed E-state index contributed by atoms with van der Waals surface area (Å²) in [5.41, 5.74) is 0.796. The summed E-state index contributed by atoms with van der Waals surface area (Å²) >= 11 is 0. The van der Waals surface area contributed by atoms with Crippen LogP contribution in [0.25, 0.3) is 0 Å². The van der Waals surface area contributed by atoms with E-state index in [4.69, 9.17) is 14.6 Å². The van der Waals surface area contributed by atoms with Gasteiger partial charge in [-0.1, -0.05) is 12.1 Å². The Morgan fingerprint density at radius 3 is 2.27 bits per heavy atom. The van der Waals surface area contributed by atoms with Crippen molar-refractivity contribution in [3.8, 4) is 11.5 Å². The lowest BCUT2D eigenvalue weighted by atomic mass is 10.2. The Kier molecular flexibility index (Phi) is 6.71. The largest absolute Gasteiger partial charge is 0.494 e. The first-order valence-electron chi connectivity index (χ1n) is 7.49. The summed E-state index contributed by atoms with van der Waals surface area (Å²) in [4.78, 5) is 0. The van der Waals surface area contributed by atoms with E-state index in [2.05, 4.69) is 0 Å². The Morgan fingerprint density at radius 1 is 0.864 bits per heavy atom. The number of aliphatic hydroxyl groups is 1. The Balaban J connectivity index is 1.74. The van der Waals surface area contributed by atoms with Crippen molar-refractivity contribution in [2.75, 3.05) is 13.2 Å². The molecule has 2 rings (SSSR count). The molecular formula is C18H21FO3. The van der Waals surface area contributed by atoms with Gasteiger partial charge in [0.15, 0.2) is 0 Å². The molecule has 0 unspecified atom stereocenters. The molecule has 0 saturated heterocycles. The summed E-state index contributed by atoms with van der Waals surface area (Å²) in [7, 11) is 0. The van der Waals surface area contributed by atoms with Crippen molar-refractivity contribution in [3.05, 3.63) is 59.9 Å². The lowest BCUT2D eigenvalue weighted by Gasteiger charge is -2.09. The van der Waals surface area contributed by atoms with E-state index in [-0.39, 0.29) is 12.4 Å². The van der Waals surface area contributed by atoms with Gasteiger partial charge in [-0.25, -0.2) is 4.39 Å². The van der Waals surface area contributed by atoms with Crippen LogP contribution in [0.4, 0.5) is 4.39 Å². The van der Waals surface area contributed by atoms with Crippen molar-refractivity contribution >= 4 is 0 Å². The summed E-state index contributed by atoms with van der Waals surface area (Å²) in [6.45, 7) is 1.21. The molecule has 22 heavy (non-hydrogen) atoms. The van der Waals surface area contributed by atoms with Gasteiger partial charge in [0, 0.05) is 6.61 Å². The highest BCUT2D eigenvalue weighted by atomic mass is 19.1. The minimum absolute atomic E-state index is 0.233. The first kappa shape index (κ1) is 16.3. The molecular weight excluding hydrogens is 283 g/mol. The number of aliphatic hydroxyl groups excluding tert-OH is 1. The molecule has 0 spiro atoms. The lowest BCUT2D eigenvalue weighted by Crippen LogP contribution is -1.98. The first-order chi connectivity index (χ1) is 10.8. The van der Waals surface area contributed by atoms with Gasteiger partial charge >= 0.3 is 0 Å². The van der Waals surface area contributed by atoms with Gasteiger partial charge in [-0.15, -0.1) is 0 Å². The third-order valence-corrected chi connectivity index (χ3v) is 3.19. The van der Waals surface area contributed by atoms with E-state index in [1.807, 2.05) is 30.3 Å². The molecule has 0 aliphatic rings. The van der Waals surface area contributed by atoms with Crippen LogP contribution in [0.1, 0.15) is 24.8 Å². The molecule has 0 fully saturated rings. The summed E-state index contributed by atoms with van der Waals surface area (Å²) in [6.07, 6.45) is 2.71. The van der Waals surface area contributed by atoms with Crippen molar-refractivity contribution in [1.29, 1.82) is 0 Å². The molecule has 118 valence electrons. The average Bonchev–Trinajstić information content (AvgIpc) is 2.54. The van der Waals surface area contributed by atoms with E-state index in [0.29, 0.717) is 13.2 Å². The van der Waals surface area contributed by atoms with Gasteiger partial charge < -0.3 is 14.6 Å². The molecule has 2 aromatic carbocycles. The molecule has 4 heteroatoms. The van der Waals surface area contributed by atoms with Crippen LogP contribution in [0.3, 0.4) is 0 Å². The molecule has 2 aromatic rings. The summed E-state index contributed by atoms with van der Waals surface area (Å²) < 4.78 is 24.3. The second-order valence-electron chi connectivity index (χ2n) is 5.02. The van der Waals surface area contributed by atoms with Crippen molar-refractivity contribution < 1.29 is 19.0 Å². The maximum atomic E-state index is 13.1. The smallest absolute Gasteiger partial charge is 0.123 e. The molecule has 0 radical (unpaired) electrons. The predicted molar refractivity (Wildman–Crippen MR) is 83.6 cm³/mol. The number of hydrogen-bond donors (Lipinski definition) is 1. The highest BCUT2D eigenvalue weighted by Gasteiger charge is 1.99.